The van der Waals surface area contributed by atoms with Gasteiger partial charge in [-0.3, -0.25) is 9.36 Å². The maximum Gasteiger partial charge on any atom is 0.255 e. The first kappa shape index (κ1) is 21.3. The molecule has 0 fully saturated rings. The van der Waals surface area contributed by atoms with E-state index in [1.54, 1.807) is 18.5 Å². The lowest BCUT2D eigenvalue weighted by Gasteiger charge is -2.10. The number of aromatic nitrogens is 3. The van der Waals surface area contributed by atoms with Crippen LogP contribution in [0.3, 0.4) is 0 Å². The molecule has 162 valence electrons. The van der Waals surface area contributed by atoms with E-state index in [-0.39, 0.29) is 12.1 Å². The molecule has 4 rings (SSSR count). The lowest BCUT2D eigenvalue weighted by atomic mass is 10.2. The first-order chi connectivity index (χ1) is 15.4. The molecule has 0 unspecified atom stereocenters. The number of para-hydroxylation sites is 2. The summed E-state index contributed by atoms with van der Waals surface area (Å²) in [5.41, 5.74) is 2.09. The normalized spacial score (nSPS) is 11.4. The van der Waals surface area contributed by atoms with Crippen LogP contribution in [0.5, 0.6) is 0 Å². The minimum Gasteiger partial charge on any atom is -0.321 e. The highest BCUT2D eigenvalue weighted by Gasteiger charge is 2.20. The Labute approximate surface area is 183 Å². The molecule has 0 spiro atoms. The first-order valence-electron chi connectivity index (χ1n) is 9.49. The Morgan fingerprint density at radius 2 is 1.94 bits per heavy atom. The number of benzene rings is 2. The van der Waals surface area contributed by atoms with E-state index in [9.17, 15) is 17.6 Å². The molecular formula is C22H18FN5O3S. The summed E-state index contributed by atoms with van der Waals surface area (Å²) in [7, 11) is -4.13. The van der Waals surface area contributed by atoms with E-state index < -0.39 is 26.6 Å². The zero-order valence-corrected chi connectivity index (χ0v) is 17.5. The molecule has 2 aromatic carbocycles. The number of sulfonamides is 1. The molecule has 0 saturated carbocycles. The number of nitrogens with one attached hydrogen (secondary N) is 2. The van der Waals surface area contributed by atoms with Crippen molar-refractivity contribution in [1.29, 1.82) is 0 Å². The topological polar surface area (TPSA) is 106 Å². The Morgan fingerprint density at radius 1 is 1.12 bits per heavy atom. The van der Waals surface area contributed by atoms with Gasteiger partial charge in [0, 0.05) is 12.1 Å². The lowest BCUT2D eigenvalue weighted by molar-refractivity contribution is 0.102. The second kappa shape index (κ2) is 8.69. The molecule has 8 nitrogen and oxygen atoms in total. The average Bonchev–Trinajstić information content (AvgIpc) is 3.22. The molecule has 2 N–H and O–H groups in total. The first-order valence-corrected chi connectivity index (χ1v) is 11.0. The average molecular weight is 451 g/mol. The Bertz CT molecular complexity index is 1420. The number of hydrogen-bond acceptors (Lipinski definition) is 5. The maximum atomic E-state index is 14.1. The predicted molar refractivity (Wildman–Crippen MR) is 119 cm³/mol. The molecule has 0 radical (unpaired) electrons. The van der Waals surface area contributed by atoms with Gasteiger partial charge in [0.2, 0.25) is 10.0 Å². The number of carbonyl (C=O) groups is 1. The van der Waals surface area contributed by atoms with Crippen LogP contribution in [0, 0.1) is 5.82 Å². The third kappa shape index (κ3) is 4.27. The molecule has 1 amide bonds. The highest BCUT2D eigenvalue weighted by Crippen LogP contribution is 2.20. The number of halogens is 1. The van der Waals surface area contributed by atoms with Crippen LogP contribution in [0.2, 0.25) is 0 Å². The van der Waals surface area contributed by atoms with E-state index in [0.29, 0.717) is 11.5 Å². The second-order valence-corrected chi connectivity index (χ2v) is 8.48. The minimum absolute atomic E-state index is 0.0185. The summed E-state index contributed by atoms with van der Waals surface area (Å²) < 4.78 is 42.6. The molecule has 0 aliphatic rings. The third-order valence-electron chi connectivity index (χ3n) is 4.61. The van der Waals surface area contributed by atoms with Gasteiger partial charge in [0.1, 0.15) is 22.9 Å². The summed E-state index contributed by atoms with van der Waals surface area (Å²) in [6, 6.07) is 14.1. The van der Waals surface area contributed by atoms with Crippen LogP contribution < -0.4 is 10.0 Å². The van der Waals surface area contributed by atoms with E-state index in [1.165, 1.54) is 18.3 Å². The molecule has 0 aliphatic heterocycles. The van der Waals surface area contributed by atoms with Crippen molar-refractivity contribution in [3.63, 3.8) is 0 Å². The van der Waals surface area contributed by atoms with Crippen molar-refractivity contribution < 1.29 is 17.6 Å². The Hall–Kier alpha value is -3.89. The van der Waals surface area contributed by atoms with E-state index in [0.717, 1.165) is 23.2 Å². The monoisotopic (exact) mass is 451 g/mol. The van der Waals surface area contributed by atoms with Gasteiger partial charge in [0.05, 0.1) is 22.9 Å². The van der Waals surface area contributed by atoms with Crippen LogP contribution in [-0.2, 0) is 10.0 Å². The SMILES string of the molecule is C=CCNS(=O)(=O)c1cc(C(=O)Nc2ccc(-n3cnc4ccccc43)nc2)ccc1F. The highest BCUT2D eigenvalue weighted by atomic mass is 32.2. The van der Waals surface area contributed by atoms with Crippen LogP contribution in [0.15, 0.2) is 84.7 Å². The molecule has 0 bridgehead atoms. The van der Waals surface area contributed by atoms with Crippen molar-refractivity contribution in [2.45, 2.75) is 4.90 Å². The quantitative estimate of drug-likeness (QED) is 0.420. The molecule has 2 aromatic heterocycles. The van der Waals surface area contributed by atoms with Gasteiger partial charge in [-0.2, -0.15) is 0 Å². The number of rotatable bonds is 7. The minimum atomic E-state index is -4.13. The molecule has 10 heteroatoms. The van der Waals surface area contributed by atoms with Crippen LogP contribution in [0.1, 0.15) is 10.4 Å². The Balaban J connectivity index is 1.54. The number of fused-ring (bicyclic) bond motifs is 1. The van der Waals surface area contributed by atoms with Gasteiger partial charge in [-0.15, -0.1) is 6.58 Å². The summed E-state index contributed by atoms with van der Waals surface area (Å²) in [5, 5.41) is 2.63. The summed E-state index contributed by atoms with van der Waals surface area (Å²) in [6.07, 6.45) is 4.45. The van der Waals surface area contributed by atoms with E-state index in [4.69, 9.17) is 0 Å². The second-order valence-electron chi connectivity index (χ2n) is 6.75. The zero-order chi connectivity index (χ0) is 22.7. The van der Waals surface area contributed by atoms with Gasteiger partial charge in [-0.1, -0.05) is 18.2 Å². The molecule has 32 heavy (non-hydrogen) atoms. The fraction of sp³-hybridized carbons (Fsp3) is 0.0455. The number of amides is 1. The fourth-order valence-electron chi connectivity index (χ4n) is 3.04. The van der Waals surface area contributed by atoms with Gasteiger partial charge in [0.15, 0.2) is 0 Å². The number of imidazole rings is 1. The van der Waals surface area contributed by atoms with Crippen LogP contribution in [0.25, 0.3) is 16.9 Å². The molecule has 4 aromatic rings. The van der Waals surface area contributed by atoms with Crippen LogP contribution in [0.4, 0.5) is 10.1 Å². The standard InChI is InChI=1S/C22H18FN5O3S/c1-2-11-26-32(30,31)20-12-15(7-9-17(20)23)22(29)27-16-8-10-21(24-13-16)28-14-25-18-5-3-4-6-19(18)28/h2-10,12-14,26H,1,11H2,(H,27,29). The summed E-state index contributed by atoms with van der Waals surface area (Å²) >= 11 is 0. The van der Waals surface area contributed by atoms with Crippen LogP contribution in [-0.4, -0.2) is 35.4 Å². The molecular weight excluding hydrogens is 433 g/mol. The van der Waals surface area contributed by atoms with Crippen molar-refractivity contribution in [3.05, 3.63) is 91.2 Å². The van der Waals surface area contributed by atoms with Crippen molar-refractivity contribution >= 4 is 32.7 Å². The summed E-state index contributed by atoms with van der Waals surface area (Å²) in [4.78, 5) is 20.7. The van der Waals surface area contributed by atoms with E-state index in [1.807, 2.05) is 28.8 Å². The van der Waals surface area contributed by atoms with E-state index >= 15 is 0 Å². The van der Waals surface area contributed by atoms with Crippen molar-refractivity contribution in [1.82, 2.24) is 19.3 Å². The maximum absolute atomic E-state index is 14.1. The van der Waals surface area contributed by atoms with Gasteiger partial charge in [-0.25, -0.2) is 27.5 Å². The number of nitrogens with zero attached hydrogens (tertiary/aromatic N) is 3. The summed E-state index contributed by atoms with van der Waals surface area (Å²) in [6.45, 7) is 3.35. The number of anilines is 1. The highest BCUT2D eigenvalue weighted by molar-refractivity contribution is 7.89. The van der Waals surface area contributed by atoms with Gasteiger partial charge in [0.25, 0.3) is 5.91 Å². The van der Waals surface area contributed by atoms with Crippen molar-refractivity contribution in [2.24, 2.45) is 0 Å². The Morgan fingerprint density at radius 3 is 2.69 bits per heavy atom. The van der Waals surface area contributed by atoms with Gasteiger partial charge >= 0.3 is 0 Å². The zero-order valence-electron chi connectivity index (χ0n) is 16.7. The van der Waals surface area contributed by atoms with Crippen molar-refractivity contribution in [3.8, 4) is 5.82 Å². The van der Waals surface area contributed by atoms with Gasteiger partial charge < -0.3 is 5.32 Å². The van der Waals surface area contributed by atoms with Gasteiger partial charge in [-0.05, 0) is 42.5 Å². The number of carbonyl (C=O) groups excluding carboxylic acids is 1. The smallest absolute Gasteiger partial charge is 0.255 e. The molecule has 0 aliphatic carbocycles. The molecule has 0 saturated heterocycles. The molecule has 0 atom stereocenters. The summed E-state index contributed by atoms with van der Waals surface area (Å²) in [5.74, 6) is -0.954. The number of hydrogen-bond donors (Lipinski definition) is 2. The molecule has 2 heterocycles. The fourth-order valence-corrected chi connectivity index (χ4v) is 4.14. The Kier molecular flexibility index (Phi) is 5.80. The van der Waals surface area contributed by atoms with Crippen LogP contribution >= 0.6 is 0 Å². The van der Waals surface area contributed by atoms with E-state index in [2.05, 4.69) is 26.6 Å². The largest absolute Gasteiger partial charge is 0.321 e. The van der Waals surface area contributed by atoms with Crippen molar-refractivity contribution in [2.75, 3.05) is 11.9 Å². The lowest BCUT2D eigenvalue weighted by Crippen LogP contribution is -2.25. The third-order valence-corrected chi connectivity index (χ3v) is 6.05. The predicted octanol–water partition coefficient (Wildman–Crippen LogP) is 3.28. The number of pyridine rings is 1.